The Morgan fingerprint density at radius 1 is 0.966 bits per heavy atom. The molecule has 3 amide bonds. The number of carbonyl (C=O) groups is 4. The monoisotopic (exact) mass is 458 g/mol. The Bertz CT molecular complexity index is 925. The number of nitrogens with one attached hydrogen (secondary N) is 1. The minimum absolute atomic E-state index is 0.148. The highest BCUT2D eigenvalue weighted by Crippen LogP contribution is 2.22. The molecular weight excluding hydrogens is 440 g/mol. The number of hydrogen-bond donors (Lipinski definition) is 1. The standard InChI is InChI=1S/C21H19BrN2O5/c22-15-7-5-6-14(12-15)19(26)23-13-18(25)29-11-4-3-10-24-20(27)16-8-1-2-9-17(16)21(24)28/h1-2,5-9,12H,3-4,10-11,13H2,(H,23,26). The van der Waals surface area contributed by atoms with Gasteiger partial charge in [-0.2, -0.15) is 0 Å². The van der Waals surface area contributed by atoms with Crippen molar-refractivity contribution in [2.45, 2.75) is 12.8 Å². The smallest absolute Gasteiger partial charge is 0.325 e. The van der Waals surface area contributed by atoms with E-state index in [2.05, 4.69) is 21.2 Å². The maximum Gasteiger partial charge on any atom is 0.325 e. The Labute approximate surface area is 176 Å². The highest BCUT2D eigenvalue weighted by Gasteiger charge is 2.34. The van der Waals surface area contributed by atoms with Crippen molar-refractivity contribution >= 4 is 39.6 Å². The van der Waals surface area contributed by atoms with Gasteiger partial charge in [0, 0.05) is 16.6 Å². The minimum Gasteiger partial charge on any atom is -0.464 e. The molecule has 1 aliphatic rings. The van der Waals surface area contributed by atoms with Gasteiger partial charge in [-0.1, -0.05) is 34.1 Å². The van der Waals surface area contributed by atoms with Crippen LogP contribution in [0.15, 0.2) is 53.0 Å². The summed E-state index contributed by atoms with van der Waals surface area (Å²) in [4.78, 5) is 49.4. The highest BCUT2D eigenvalue weighted by molar-refractivity contribution is 9.10. The van der Waals surface area contributed by atoms with Crippen molar-refractivity contribution in [1.29, 1.82) is 0 Å². The Balaban J connectivity index is 1.34. The van der Waals surface area contributed by atoms with E-state index in [1.807, 2.05) is 0 Å². The Morgan fingerprint density at radius 2 is 1.66 bits per heavy atom. The summed E-state index contributed by atoms with van der Waals surface area (Å²) in [5.74, 6) is -1.50. The van der Waals surface area contributed by atoms with E-state index in [-0.39, 0.29) is 37.4 Å². The number of unbranched alkanes of at least 4 members (excludes halogenated alkanes) is 1. The number of nitrogens with zero attached hydrogens (tertiary/aromatic N) is 1. The molecule has 29 heavy (non-hydrogen) atoms. The van der Waals surface area contributed by atoms with Gasteiger partial charge in [-0.05, 0) is 43.2 Å². The van der Waals surface area contributed by atoms with Gasteiger partial charge in [0.2, 0.25) is 0 Å². The Morgan fingerprint density at radius 3 is 2.31 bits per heavy atom. The zero-order valence-electron chi connectivity index (χ0n) is 15.5. The number of fused-ring (bicyclic) bond motifs is 1. The molecular formula is C21H19BrN2O5. The molecule has 0 atom stereocenters. The lowest BCUT2D eigenvalue weighted by Gasteiger charge is -2.13. The molecule has 1 N–H and O–H groups in total. The number of halogens is 1. The van der Waals surface area contributed by atoms with E-state index in [0.717, 1.165) is 4.47 Å². The molecule has 0 spiro atoms. The van der Waals surface area contributed by atoms with E-state index in [9.17, 15) is 19.2 Å². The zero-order valence-corrected chi connectivity index (χ0v) is 17.1. The molecule has 2 aromatic rings. The number of benzene rings is 2. The van der Waals surface area contributed by atoms with Crippen LogP contribution in [0.5, 0.6) is 0 Å². The average molecular weight is 459 g/mol. The Hall–Kier alpha value is -3.00. The molecule has 0 fully saturated rings. The quantitative estimate of drug-likeness (QED) is 0.373. The van der Waals surface area contributed by atoms with Crippen LogP contribution in [0, 0.1) is 0 Å². The van der Waals surface area contributed by atoms with Crippen molar-refractivity contribution in [3.63, 3.8) is 0 Å². The van der Waals surface area contributed by atoms with Gasteiger partial charge >= 0.3 is 5.97 Å². The number of rotatable bonds is 8. The van der Waals surface area contributed by atoms with E-state index < -0.39 is 5.97 Å². The number of imide groups is 1. The van der Waals surface area contributed by atoms with Crippen molar-refractivity contribution in [3.8, 4) is 0 Å². The first-order valence-electron chi connectivity index (χ1n) is 9.12. The molecule has 0 unspecified atom stereocenters. The second kappa shape index (κ2) is 9.47. The van der Waals surface area contributed by atoms with Gasteiger partial charge in [0.05, 0.1) is 17.7 Å². The maximum absolute atomic E-state index is 12.2. The van der Waals surface area contributed by atoms with Crippen LogP contribution in [-0.2, 0) is 9.53 Å². The molecule has 0 saturated carbocycles. The fraction of sp³-hybridized carbons (Fsp3) is 0.238. The summed E-state index contributed by atoms with van der Waals surface area (Å²) in [6.45, 7) is 0.183. The summed E-state index contributed by atoms with van der Waals surface area (Å²) in [5.41, 5.74) is 1.28. The van der Waals surface area contributed by atoms with Crippen molar-refractivity contribution < 1.29 is 23.9 Å². The van der Waals surface area contributed by atoms with Crippen molar-refractivity contribution in [2.24, 2.45) is 0 Å². The van der Waals surface area contributed by atoms with E-state index in [0.29, 0.717) is 29.5 Å². The molecule has 0 aliphatic carbocycles. The lowest BCUT2D eigenvalue weighted by atomic mass is 10.1. The molecule has 150 valence electrons. The average Bonchev–Trinajstić information content (AvgIpc) is 2.96. The first kappa shape index (κ1) is 20.7. The molecule has 2 aromatic carbocycles. The van der Waals surface area contributed by atoms with Gasteiger partial charge in [-0.15, -0.1) is 0 Å². The summed E-state index contributed by atoms with van der Waals surface area (Å²) >= 11 is 3.28. The van der Waals surface area contributed by atoms with Gasteiger partial charge in [-0.25, -0.2) is 0 Å². The van der Waals surface area contributed by atoms with Crippen LogP contribution in [-0.4, -0.2) is 48.3 Å². The predicted octanol–water partition coefficient (Wildman–Crippen LogP) is 2.80. The van der Waals surface area contributed by atoms with Crippen molar-refractivity contribution in [2.75, 3.05) is 19.7 Å². The SMILES string of the molecule is O=C(CNC(=O)c1cccc(Br)c1)OCCCCN1C(=O)c2ccccc2C1=O. The number of esters is 1. The second-order valence-electron chi connectivity index (χ2n) is 6.43. The van der Waals surface area contributed by atoms with E-state index in [4.69, 9.17) is 4.74 Å². The molecule has 3 rings (SSSR count). The zero-order chi connectivity index (χ0) is 20.8. The maximum atomic E-state index is 12.2. The minimum atomic E-state index is -0.547. The van der Waals surface area contributed by atoms with Crippen LogP contribution < -0.4 is 5.32 Å². The fourth-order valence-corrected chi connectivity index (χ4v) is 3.33. The van der Waals surface area contributed by atoms with Crippen LogP contribution in [0.2, 0.25) is 0 Å². The predicted molar refractivity (Wildman–Crippen MR) is 108 cm³/mol. The van der Waals surface area contributed by atoms with Gasteiger partial charge < -0.3 is 10.1 Å². The summed E-state index contributed by atoms with van der Waals surface area (Å²) in [6.07, 6.45) is 1.02. The summed E-state index contributed by atoms with van der Waals surface area (Å²) in [7, 11) is 0. The van der Waals surface area contributed by atoms with E-state index >= 15 is 0 Å². The van der Waals surface area contributed by atoms with Crippen molar-refractivity contribution in [1.82, 2.24) is 10.2 Å². The molecule has 7 nitrogen and oxygen atoms in total. The molecule has 1 heterocycles. The number of ether oxygens (including phenoxy) is 1. The first-order valence-corrected chi connectivity index (χ1v) is 9.91. The summed E-state index contributed by atoms with van der Waals surface area (Å²) < 4.78 is 5.85. The van der Waals surface area contributed by atoms with E-state index in [1.165, 1.54) is 4.90 Å². The third kappa shape index (κ3) is 5.08. The van der Waals surface area contributed by atoms with Crippen LogP contribution in [0.25, 0.3) is 0 Å². The normalized spacial score (nSPS) is 12.7. The van der Waals surface area contributed by atoms with Crippen LogP contribution in [0.1, 0.15) is 43.9 Å². The number of hydrogen-bond acceptors (Lipinski definition) is 5. The van der Waals surface area contributed by atoms with Crippen LogP contribution >= 0.6 is 15.9 Å². The van der Waals surface area contributed by atoms with Gasteiger partial charge in [-0.3, -0.25) is 24.1 Å². The molecule has 0 bridgehead atoms. The largest absolute Gasteiger partial charge is 0.464 e. The number of amides is 3. The van der Waals surface area contributed by atoms with Gasteiger partial charge in [0.1, 0.15) is 6.54 Å². The third-order valence-corrected chi connectivity index (χ3v) is 4.89. The lowest BCUT2D eigenvalue weighted by Crippen LogP contribution is -2.31. The van der Waals surface area contributed by atoms with Crippen molar-refractivity contribution in [3.05, 3.63) is 69.7 Å². The number of carbonyl (C=O) groups excluding carboxylic acids is 4. The van der Waals surface area contributed by atoms with Gasteiger partial charge in [0.25, 0.3) is 17.7 Å². The van der Waals surface area contributed by atoms with E-state index in [1.54, 1.807) is 48.5 Å². The summed E-state index contributed by atoms with van der Waals surface area (Å²) in [6, 6.07) is 13.5. The molecule has 8 heteroatoms. The summed E-state index contributed by atoms with van der Waals surface area (Å²) in [5, 5.41) is 2.50. The van der Waals surface area contributed by atoms with Crippen LogP contribution in [0.3, 0.4) is 0 Å². The molecule has 0 saturated heterocycles. The van der Waals surface area contributed by atoms with Crippen LogP contribution in [0.4, 0.5) is 0 Å². The van der Waals surface area contributed by atoms with Gasteiger partial charge in [0.15, 0.2) is 0 Å². The molecule has 0 radical (unpaired) electrons. The fourth-order valence-electron chi connectivity index (χ4n) is 2.94. The molecule has 0 aromatic heterocycles. The molecule has 1 aliphatic heterocycles. The Kier molecular flexibility index (Phi) is 6.77. The highest BCUT2D eigenvalue weighted by atomic mass is 79.9. The topological polar surface area (TPSA) is 92.8 Å². The third-order valence-electron chi connectivity index (χ3n) is 4.40. The second-order valence-corrected chi connectivity index (χ2v) is 7.34. The first-order chi connectivity index (χ1) is 14.0. The lowest BCUT2D eigenvalue weighted by molar-refractivity contribution is -0.142.